The van der Waals surface area contributed by atoms with E-state index in [1.54, 1.807) is 4.90 Å². The van der Waals surface area contributed by atoms with Crippen LogP contribution >= 0.6 is 0 Å². The predicted octanol–water partition coefficient (Wildman–Crippen LogP) is 8.93. The number of esters is 1. The van der Waals surface area contributed by atoms with Crippen molar-refractivity contribution >= 4 is 28.7 Å². The van der Waals surface area contributed by atoms with Gasteiger partial charge >= 0.3 is 12.1 Å². The molecule has 1 amide bonds. The SMILES string of the molecule is CC(=O)O[C@H]1C=C[C@@H](c2cc(C[C@H]3COC(C)(C)N3C(=O)OC(C)(C)C)ccc2O[Si](C)(C)C(C)(C)C)O[C@@H]1CO[Si](C)(C)C(C)(C)C. The Kier molecular flexibility index (Phi) is 11.9. The molecule has 4 atom stereocenters. The highest BCUT2D eigenvalue weighted by molar-refractivity contribution is 6.75. The minimum Gasteiger partial charge on any atom is -0.543 e. The van der Waals surface area contributed by atoms with E-state index in [9.17, 15) is 9.59 Å². The van der Waals surface area contributed by atoms with Crippen LogP contribution in [0.1, 0.15) is 100 Å². The molecule has 272 valence electrons. The second-order valence-electron chi connectivity index (χ2n) is 17.8. The molecule has 0 unspecified atom stereocenters. The summed E-state index contributed by atoms with van der Waals surface area (Å²) < 4.78 is 37.8. The van der Waals surface area contributed by atoms with Gasteiger partial charge in [-0.3, -0.25) is 9.69 Å². The first-order valence-corrected chi connectivity index (χ1v) is 23.1. The quantitative estimate of drug-likeness (QED) is 0.143. The van der Waals surface area contributed by atoms with Crippen LogP contribution in [-0.4, -0.2) is 76.4 Å². The number of nitrogens with zero attached hydrogens (tertiary/aromatic N) is 1. The normalized spacial score (nSPS) is 23.6. The standard InChI is InChI=1S/C37H63NO8Si2/c1-25(39)43-31-20-19-29(44-32(31)24-42-47(13,14)35(5,6)7)28-22-26(17-18-30(28)46-48(15,16)36(8,9)10)21-27-23-41-37(11,12)38(27)33(40)45-34(2,3)4/h17-20,22,27,29,31-32H,21,23-24H2,1-16H3/t27-,29-,31-,32+/m0/s1. The van der Waals surface area contributed by atoms with E-state index in [-0.39, 0.29) is 22.1 Å². The molecule has 0 aromatic heterocycles. The molecule has 1 saturated heterocycles. The summed E-state index contributed by atoms with van der Waals surface area (Å²) in [7, 11) is -4.35. The van der Waals surface area contributed by atoms with Crippen molar-refractivity contribution in [3.8, 4) is 5.75 Å². The fourth-order valence-electron chi connectivity index (χ4n) is 5.22. The lowest BCUT2D eigenvalue weighted by atomic mass is 9.97. The first-order chi connectivity index (χ1) is 21.6. The average molecular weight is 706 g/mol. The van der Waals surface area contributed by atoms with Gasteiger partial charge in [-0.25, -0.2) is 4.79 Å². The van der Waals surface area contributed by atoms with Crippen LogP contribution in [0.15, 0.2) is 30.4 Å². The van der Waals surface area contributed by atoms with E-state index in [2.05, 4.69) is 79.9 Å². The van der Waals surface area contributed by atoms with Crippen molar-refractivity contribution in [2.24, 2.45) is 0 Å². The molecular formula is C37H63NO8Si2. The lowest BCUT2D eigenvalue weighted by molar-refractivity contribution is -0.156. The fraction of sp³-hybridized carbons (Fsp3) is 0.730. The maximum absolute atomic E-state index is 13.4. The van der Waals surface area contributed by atoms with Crippen molar-refractivity contribution in [1.29, 1.82) is 0 Å². The summed E-state index contributed by atoms with van der Waals surface area (Å²) in [5.41, 5.74) is 0.463. The summed E-state index contributed by atoms with van der Waals surface area (Å²) >= 11 is 0. The van der Waals surface area contributed by atoms with Crippen molar-refractivity contribution in [3.05, 3.63) is 41.5 Å². The number of amides is 1. The molecule has 1 fully saturated rings. The highest BCUT2D eigenvalue weighted by Crippen LogP contribution is 2.42. The molecule has 1 aromatic rings. The molecule has 3 rings (SSSR count). The van der Waals surface area contributed by atoms with Crippen LogP contribution < -0.4 is 4.43 Å². The highest BCUT2D eigenvalue weighted by atomic mass is 28.4. The molecule has 0 radical (unpaired) electrons. The fourth-order valence-corrected chi connectivity index (χ4v) is 7.28. The first kappa shape index (κ1) is 40.2. The Balaban J connectivity index is 2.03. The van der Waals surface area contributed by atoms with Crippen LogP contribution in [0, 0.1) is 0 Å². The van der Waals surface area contributed by atoms with Gasteiger partial charge in [-0.2, -0.15) is 0 Å². The monoisotopic (exact) mass is 705 g/mol. The van der Waals surface area contributed by atoms with Crippen LogP contribution in [0.25, 0.3) is 0 Å². The number of benzene rings is 1. The summed E-state index contributed by atoms with van der Waals surface area (Å²) in [5, 5.41) is -0.00902. The second kappa shape index (κ2) is 14.2. The van der Waals surface area contributed by atoms with E-state index in [1.807, 2.05) is 52.8 Å². The predicted molar refractivity (Wildman–Crippen MR) is 195 cm³/mol. The largest absolute Gasteiger partial charge is 0.543 e. The molecule has 2 aliphatic heterocycles. The molecule has 0 aliphatic carbocycles. The van der Waals surface area contributed by atoms with Crippen LogP contribution in [-0.2, 0) is 34.6 Å². The van der Waals surface area contributed by atoms with Gasteiger partial charge in [-0.05, 0) is 101 Å². The van der Waals surface area contributed by atoms with Gasteiger partial charge in [-0.15, -0.1) is 0 Å². The van der Waals surface area contributed by atoms with Gasteiger partial charge in [0.2, 0.25) is 8.32 Å². The molecule has 48 heavy (non-hydrogen) atoms. The Morgan fingerprint density at radius 2 is 1.54 bits per heavy atom. The highest BCUT2D eigenvalue weighted by Gasteiger charge is 2.46. The maximum atomic E-state index is 13.4. The second-order valence-corrected chi connectivity index (χ2v) is 27.4. The Morgan fingerprint density at radius 3 is 2.08 bits per heavy atom. The first-order valence-electron chi connectivity index (χ1n) is 17.3. The number of carbonyl (C=O) groups is 2. The van der Waals surface area contributed by atoms with E-state index >= 15 is 0 Å². The van der Waals surface area contributed by atoms with Crippen molar-refractivity contribution in [2.75, 3.05) is 13.2 Å². The van der Waals surface area contributed by atoms with Crippen molar-refractivity contribution in [2.45, 2.75) is 161 Å². The third-order valence-corrected chi connectivity index (χ3v) is 18.9. The van der Waals surface area contributed by atoms with Gasteiger partial charge in [0.25, 0.3) is 0 Å². The van der Waals surface area contributed by atoms with E-state index < -0.39 is 52.4 Å². The zero-order valence-corrected chi connectivity index (χ0v) is 34.5. The minimum absolute atomic E-state index is 0.0120. The average Bonchev–Trinajstić information content (AvgIpc) is 3.19. The van der Waals surface area contributed by atoms with Crippen molar-refractivity contribution in [3.63, 3.8) is 0 Å². The molecule has 11 heteroatoms. The zero-order chi connectivity index (χ0) is 36.7. The Bertz CT molecular complexity index is 1340. The lowest BCUT2D eigenvalue weighted by Gasteiger charge is -2.40. The van der Waals surface area contributed by atoms with Gasteiger partial charge in [-0.1, -0.05) is 53.7 Å². The Labute approximate surface area is 292 Å². The van der Waals surface area contributed by atoms with Crippen molar-refractivity contribution in [1.82, 2.24) is 4.90 Å². The molecule has 9 nitrogen and oxygen atoms in total. The summed E-state index contributed by atoms with van der Waals surface area (Å²) in [5.74, 6) is 0.395. The number of hydrogen-bond acceptors (Lipinski definition) is 8. The van der Waals surface area contributed by atoms with Crippen LogP contribution in [0.3, 0.4) is 0 Å². The van der Waals surface area contributed by atoms with E-state index in [4.69, 9.17) is 27.8 Å². The summed E-state index contributed by atoms with van der Waals surface area (Å²) in [4.78, 5) is 27.2. The van der Waals surface area contributed by atoms with Crippen molar-refractivity contribution < 1.29 is 37.4 Å². The molecule has 2 heterocycles. The zero-order valence-electron chi connectivity index (χ0n) is 32.5. The summed E-state index contributed by atoms with van der Waals surface area (Å²) in [6.45, 7) is 33.6. The van der Waals surface area contributed by atoms with Gasteiger partial charge in [0, 0.05) is 12.5 Å². The summed E-state index contributed by atoms with van der Waals surface area (Å²) in [6, 6.07) is 5.99. The molecule has 0 saturated carbocycles. The van der Waals surface area contributed by atoms with E-state index in [1.165, 1.54) is 6.92 Å². The third kappa shape index (κ3) is 9.96. The maximum Gasteiger partial charge on any atom is 0.412 e. The number of carbonyl (C=O) groups excluding carboxylic acids is 2. The molecular weight excluding hydrogens is 643 g/mol. The van der Waals surface area contributed by atoms with Crippen LogP contribution in [0.5, 0.6) is 5.75 Å². The smallest absolute Gasteiger partial charge is 0.412 e. The number of ether oxygens (including phenoxy) is 4. The molecule has 1 aromatic carbocycles. The van der Waals surface area contributed by atoms with Gasteiger partial charge in [0.05, 0.1) is 19.3 Å². The molecule has 0 N–H and O–H groups in total. The van der Waals surface area contributed by atoms with E-state index in [0.29, 0.717) is 19.6 Å². The lowest BCUT2D eigenvalue weighted by Crippen LogP contribution is -2.50. The number of hydrogen-bond donors (Lipinski definition) is 0. The number of rotatable bonds is 9. The van der Waals surface area contributed by atoms with Gasteiger partial charge < -0.3 is 27.8 Å². The van der Waals surface area contributed by atoms with Crippen LogP contribution in [0.4, 0.5) is 4.79 Å². The van der Waals surface area contributed by atoms with E-state index in [0.717, 1.165) is 16.9 Å². The third-order valence-electron chi connectivity index (χ3n) is 10.1. The molecule has 0 bridgehead atoms. The Hall–Kier alpha value is -2.19. The van der Waals surface area contributed by atoms with Crippen LogP contribution in [0.2, 0.25) is 36.3 Å². The van der Waals surface area contributed by atoms with Gasteiger partial charge in [0.1, 0.15) is 35.4 Å². The molecule has 0 spiro atoms. The Morgan fingerprint density at radius 1 is 0.938 bits per heavy atom. The molecule has 2 aliphatic rings. The topological polar surface area (TPSA) is 92.8 Å². The minimum atomic E-state index is -2.23. The van der Waals surface area contributed by atoms with Gasteiger partial charge in [0.15, 0.2) is 8.32 Å². The summed E-state index contributed by atoms with van der Waals surface area (Å²) in [6.07, 6.45) is 2.47.